The van der Waals surface area contributed by atoms with Gasteiger partial charge >= 0.3 is 0 Å². The molecular formula is C13H16FNO2. The van der Waals surface area contributed by atoms with E-state index in [9.17, 15) is 4.39 Å². The van der Waals surface area contributed by atoms with E-state index in [0.717, 1.165) is 31.2 Å². The minimum absolute atomic E-state index is 0.0827. The van der Waals surface area contributed by atoms with Gasteiger partial charge in [-0.2, -0.15) is 0 Å². The number of fused-ring (bicyclic) bond motifs is 1. The zero-order valence-corrected chi connectivity index (χ0v) is 9.67. The topological polar surface area (TPSA) is 44.5 Å². The summed E-state index contributed by atoms with van der Waals surface area (Å²) in [5.41, 5.74) is 6.95. The van der Waals surface area contributed by atoms with Crippen LogP contribution in [0.15, 0.2) is 12.1 Å². The maximum atomic E-state index is 13.5. The van der Waals surface area contributed by atoms with Crippen LogP contribution in [-0.4, -0.2) is 6.79 Å². The first-order valence-electron chi connectivity index (χ1n) is 6.08. The van der Waals surface area contributed by atoms with Crippen molar-refractivity contribution in [1.29, 1.82) is 0 Å². The van der Waals surface area contributed by atoms with Crippen molar-refractivity contribution in [2.45, 2.75) is 37.6 Å². The Balaban J connectivity index is 2.06. The fourth-order valence-electron chi connectivity index (χ4n) is 2.81. The summed E-state index contributed by atoms with van der Waals surface area (Å²) in [4.78, 5) is 0. The van der Waals surface area contributed by atoms with Crippen LogP contribution in [0.5, 0.6) is 11.5 Å². The molecule has 2 N–H and O–H groups in total. The second-order valence-corrected chi connectivity index (χ2v) is 4.88. The summed E-state index contributed by atoms with van der Waals surface area (Å²) in [6.45, 7) is 0.0827. The number of nitrogens with two attached hydrogens (primary N) is 1. The molecule has 4 heteroatoms. The van der Waals surface area contributed by atoms with Crippen molar-refractivity contribution in [2.75, 3.05) is 6.79 Å². The summed E-state index contributed by atoms with van der Waals surface area (Å²) in [6, 6.07) is 3.17. The van der Waals surface area contributed by atoms with Crippen molar-refractivity contribution in [3.05, 3.63) is 23.5 Å². The molecule has 92 valence electrons. The SMILES string of the molecule is NC1(c2ccc(F)c3c2OCO3)CCCCC1. The summed E-state index contributed by atoms with van der Waals surface area (Å²) in [6.07, 6.45) is 5.30. The van der Waals surface area contributed by atoms with Gasteiger partial charge in [0.25, 0.3) is 0 Å². The average molecular weight is 237 g/mol. The lowest BCUT2D eigenvalue weighted by Gasteiger charge is -2.34. The van der Waals surface area contributed by atoms with Crippen LogP contribution in [0.1, 0.15) is 37.7 Å². The zero-order chi connectivity index (χ0) is 11.9. The molecule has 2 aliphatic rings. The summed E-state index contributed by atoms with van der Waals surface area (Å²) >= 11 is 0. The molecule has 1 saturated carbocycles. The highest BCUT2D eigenvalue weighted by Gasteiger charge is 2.35. The summed E-state index contributed by atoms with van der Waals surface area (Å²) in [5.74, 6) is 0.355. The molecule has 0 radical (unpaired) electrons. The van der Waals surface area contributed by atoms with Gasteiger partial charge in [-0.1, -0.05) is 25.3 Å². The summed E-state index contributed by atoms with van der Waals surface area (Å²) in [7, 11) is 0. The number of ether oxygens (including phenoxy) is 2. The molecule has 1 heterocycles. The Bertz CT molecular complexity index is 441. The lowest BCUT2D eigenvalue weighted by atomic mass is 9.77. The third kappa shape index (κ3) is 1.67. The molecule has 1 fully saturated rings. The van der Waals surface area contributed by atoms with Gasteiger partial charge in [0.1, 0.15) is 0 Å². The fraction of sp³-hybridized carbons (Fsp3) is 0.538. The van der Waals surface area contributed by atoms with Crippen molar-refractivity contribution in [1.82, 2.24) is 0 Å². The van der Waals surface area contributed by atoms with Crippen LogP contribution in [0.3, 0.4) is 0 Å². The molecule has 0 spiro atoms. The third-order valence-electron chi connectivity index (χ3n) is 3.75. The maximum Gasteiger partial charge on any atom is 0.231 e. The Hall–Kier alpha value is -1.29. The smallest absolute Gasteiger partial charge is 0.231 e. The molecule has 0 bridgehead atoms. The Morgan fingerprint density at radius 1 is 1.06 bits per heavy atom. The average Bonchev–Trinajstić information content (AvgIpc) is 2.80. The van der Waals surface area contributed by atoms with Crippen LogP contribution >= 0.6 is 0 Å². The molecule has 1 aromatic carbocycles. The summed E-state index contributed by atoms with van der Waals surface area (Å²) in [5, 5.41) is 0. The Morgan fingerprint density at radius 3 is 2.53 bits per heavy atom. The van der Waals surface area contributed by atoms with Gasteiger partial charge in [-0.05, 0) is 18.9 Å². The van der Waals surface area contributed by atoms with E-state index in [1.54, 1.807) is 6.07 Å². The quantitative estimate of drug-likeness (QED) is 0.816. The van der Waals surface area contributed by atoms with E-state index in [-0.39, 0.29) is 23.9 Å². The van der Waals surface area contributed by atoms with Gasteiger partial charge in [0.2, 0.25) is 12.5 Å². The maximum absolute atomic E-state index is 13.5. The van der Waals surface area contributed by atoms with Crippen LogP contribution in [0, 0.1) is 5.82 Å². The molecule has 3 rings (SSSR count). The first kappa shape index (κ1) is 10.8. The minimum Gasteiger partial charge on any atom is -0.453 e. The fourth-order valence-corrected chi connectivity index (χ4v) is 2.81. The molecule has 3 nitrogen and oxygen atoms in total. The van der Waals surface area contributed by atoms with E-state index in [1.165, 1.54) is 12.5 Å². The molecule has 1 aliphatic carbocycles. The predicted octanol–water partition coefficient (Wildman–Crippen LogP) is 2.67. The van der Waals surface area contributed by atoms with Crippen LogP contribution in [0.4, 0.5) is 4.39 Å². The second-order valence-electron chi connectivity index (χ2n) is 4.88. The Labute approximate surface area is 99.7 Å². The Kier molecular flexibility index (Phi) is 2.47. The van der Waals surface area contributed by atoms with E-state index in [0.29, 0.717) is 5.75 Å². The van der Waals surface area contributed by atoms with Gasteiger partial charge in [0.05, 0.1) is 0 Å². The molecular weight excluding hydrogens is 221 g/mol. The van der Waals surface area contributed by atoms with Crippen LogP contribution in [0.25, 0.3) is 0 Å². The number of hydrogen-bond acceptors (Lipinski definition) is 3. The van der Waals surface area contributed by atoms with Gasteiger partial charge in [0.15, 0.2) is 11.6 Å². The second kappa shape index (κ2) is 3.88. The number of benzene rings is 1. The third-order valence-corrected chi connectivity index (χ3v) is 3.75. The lowest BCUT2D eigenvalue weighted by molar-refractivity contribution is 0.168. The van der Waals surface area contributed by atoms with E-state index in [2.05, 4.69) is 0 Å². The normalized spacial score (nSPS) is 21.5. The van der Waals surface area contributed by atoms with Gasteiger partial charge in [-0.25, -0.2) is 4.39 Å². The van der Waals surface area contributed by atoms with Crippen molar-refractivity contribution in [2.24, 2.45) is 5.73 Å². The standard InChI is InChI=1S/C13H16FNO2/c14-10-5-4-9(11-12(10)17-8-16-11)13(15)6-2-1-3-7-13/h4-5H,1-3,6-8,15H2. The van der Waals surface area contributed by atoms with Crippen LogP contribution < -0.4 is 15.2 Å². The molecule has 0 unspecified atom stereocenters. The number of rotatable bonds is 1. The van der Waals surface area contributed by atoms with Crippen molar-refractivity contribution in [3.8, 4) is 11.5 Å². The molecule has 0 amide bonds. The molecule has 0 aromatic heterocycles. The van der Waals surface area contributed by atoms with E-state index < -0.39 is 0 Å². The van der Waals surface area contributed by atoms with Gasteiger partial charge in [-0.15, -0.1) is 0 Å². The number of halogens is 1. The van der Waals surface area contributed by atoms with Crippen molar-refractivity contribution in [3.63, 3.8) is 0 Å². The van der Waals surface area contributed by atoms with Gasteiger partial charge in [0, 0.05) is 11.1 Å². The van der Waals surface area contributed by atoms with Gasteiger partial charge in [-0.3, -0.25) is 0 Å². The monoisotopic (exact) mass is 237 g/mol. The lowest BCUT2D eigenvalue weighted by Crippen LogP contribution is -2.38. The molecule has 0 atom stereocenters. The van der Waals surface area contributed by atoms with Crippen LogP contribution in [0.2, 0.25) is 0 Å². The molecule has 17 heavy (non-hydrogen) atoms. The highest BCUT2D eigenvalue weighted by atomic mass is 19.1. The van der Waals surface area contributed by atoms with Gasteiger partial charge < -0.3 is 15.2 Å². The van der Waals surface area contributed by atoms with E-state index in [1.807, 2.05) is 0 Å². The highest BCUT2D eigenvalue weighted by molar-refractivity contribution is 5.52. The van der Waals surface area contributed by atoms with Crippen molar-refractivity contribution < 1.29 is 13.9 Å². The van der Waals surface area contributed by atoms with E-state index >= 15 is 0 Å². The minimum atomic E-state index is -0.385. The molecule has 1 aliphatic heterocycles. The molecule has 1 aromatic rings. The predicted molar refractivity (Wildman–Crippen MR) is 61.5 cm³/mol. The summed E-state index contributed by atoms with van der Waals surface area (Å²) < 4.78 is 24.1. The highest BCUT2D eigenvalue weighted by Crippen LogP contribution is 2.46. The first-order valence-corrected chi connectivity index (χ1v) is 6.08. The van der Waals surface area contributed by atoms with Crippen molar-refractivity contribution >= 4 is 0 Å². The van der Waals surface area contributed by atoms with Crippen LogP contribution in [-0.2, 0) is 5.54 Å². The first-order chi connectivity index (χ1) is 8.21. The zero-order valence-electron chi connectivity index (χ0n) is 9.67. The number of hydrogen-bond donors (Lipinski definition) is 1. The Morgan fingerprint density at radius 2 is 1.76 bits per heavy atom. The molecule has 0 saturated heterocycles. The largest absolute Gasteiger partial charge is 0.453 e. The van der Waals surface area contributed by atoms with E-state index in [4.69, 9.17) is 15.2 Å².